The molecule has 4 rings (SSSR count). The summed E-state index contributed by atoms with van der Waals surface area (Å²) >= 11 is 0. The molecule has 4 atom stereocenters. The fourth-order valence-electron chi connectivity index (χ4n) is 4.87. The minimum Gasteiger partial charge on any atom is -0.469 e. The number of amides is 2. The van der Waals surface area contributed by atoms with Gasteiger partial charge in [0.25, 0.3) is 0 Å². The van der Waals surface area contributed by atoms with Crippen molar-refractivity contribution in [1.82, 2.24) is 15.2 Å². The van der Waals surface area contributed by atoms with Crippen LogP contribution in [0.3, 0.4) is 0 Å². The number of alkyl carbamates (subject to hydrolysis) is 1. The zero-order valence-corrected chi connectivity index (χ0v) is 21.7. The Morgan fingerprint density at radius 1 is 1.19 bits per heavy atom. The van der Waals surface area contributed by atoms with Crippen LogP contribution < -0.4 is 10.1 Å². The summed E-state index contributed by atoms with van der Waals surface area (Å²) < 4.78 is 16.4. The Morgan fingerprint density at radius 2 is 1.97 bits per heavy atom. The lowest BCUT2D eigenvalue weighted by Gasteiger charge is -2.36. The molecule has 37 heavy (non-hydrogen) atoms. The third kappa shape index (κ3) is 5.79. The van der Waals surface area contributed by atoms with Gasteiger partial charge in [-0.15, -0.1) is 0 Å². The van der Waals surface area contributed by atoms with Crippen LogP contribution in [0.4, 0.5) is 4.79 Å². The molecular weight excluding hydrogens is 478 g/mol. The number of rotatable bonds is 1. The summed E-state index contributed by atoms with van der Waals surface area (Å²) in [7, 11) is 1.22. The minimum atomic E-state index is -1.47. The number of cyclic esters (lactones) is 1. The van der Waals surface area contributed by atoms with E-state index < -0.39 is 47.8 Å². The van der Waals surface area contributed by atoms with E-state index in [1.165, 1.54) is 7.11 Å². The summed E-state index contributed by atoms with van der Waals surface area (Å²) in [5, 5.41) is 15.6. The van der Waals surface area contributed by atoms with Crippen LogP contribution in [0.2, 0.25) is 0 Å². The normalized spacial score (nSPS) is 25.6. The van der Waals surface area contributed by atoms with Gasteiger partial charge in [0.05, 0.1) is 13.7 Å². The van der Waals surface area contributed by atoms with Gasteiger partial charge < -0.3 is 24.6 Å². The summed E-state index contributed by atoms with van der Waals surface area (Å²) in [6, 6.07) is 5.77. The fraction of sp³-hybridized carbons (Fsp3) is 0.556. The molecule has 4 bridgehead atoms. The molecule has 1 aromatic heterocycles. The number of hydrogen-bond acceptors (Lipinski definition) is 8. The number of aryl methyl sites for hydroxylation is 1. The Kier molecular flexibility index (Phi) is 7.87. The van der Waals surface area contributed by atoms with Gasteiger partial charge in [-0.2, -0.15) is 0 Å². The summed E-state index contributed by atoms with van der Waals surface area (Å²) in [5.41, 5.74) is 0.360. The van der Waals surface area contributed by atoms with Crippen LogP contribution >= 0.6 is 0 Å². The topological polar surface area (TPSA) is 127 Å². The monoisotopic (exact) mass is 513 g/mol. The van der Waals surface area contributed by atoms with Gasteiger partial charge in [-0.1, -0.05) is 32.9 Å². The molecule has 10 nitrogen and oxygen atoms in total. The van der Waals surface area contributed by atoms with Gasteiger partial charge in [0, 0.05) is 18.0 Å². The number of methoxy groups -OCH3 is 1. The van der Waals surface area contributed by atoms with Crippen LogP contribution in [-0.2, 0) is 25.5 Å². The molecule has 10 heteroatoms. The lowest BCUT2D eigenvalue weighted by atomic mass is 9.85. The fourth-order valence-corrected chi connectivity index (χ4v) is 4.87. The number of pyridine rings is 1. The molecule has 2 aliphatic heterocycles. The maximum Gasteiger partial charge on any atom is 0.407 e. The van der Waals surface area contributed by atoms with Gasteiger partial charge in [0.15, 0.2) is 6.23 Å². The second-order valence-corrected chi connectivity index (χ2v) is 10.7. The average molecular weight is 514 g/mol. The largest absolute Gasteiger partial charge is 0.469 e. The standard InChI is InChI=1S/C27H35N3O7/c1-27(2,3)21-24(32)30-19(25(33)35-4)15-20(23(30)31)37-22-18-14-16(9-10-17(18)11-12-28-22)8-6-5-7-13-36-26(34)29-21/h9-12,14,19-21,23,31H,5-8,13,15H2,1-4H3,(H,29,34)/t19-,20+,21+,23?/m0/s1. The predicted octanol–water partition coefficient (Wildman–Crippen LogP) is 2.94. The Balaban J connectivity index is 1.75. The van der Waals surface area contributed by atoms with Crippen LogP contribution in [-0.4, -0.2) is 71.1 Å². The second-order valence-electron chi connectivity index (χ2n) is 10.7. The van der Waals surface area contributed by atoms with E-state index in [1.807, 2.05) is 18.2 Å². The van der Waals surface area contributed by atoms with Crippen molar-refractivity contribution in [2.24, 2.45) is 5.41 Å². The maximum absolute atomic E-state index is 13.8. The van der Waals surface area contributed by atoms with Crippen molar-refractivity contribution < 1.29 is 33.7 Å². The Hall–Kier alpha value is -3.40. The highest BCUT2D eigenvalue weighted by Crippen LogP contribution is 2.33. The zero-order valence-electron chi connectivity index (χ0n) is 21.7. The number of aromatic nitrogens is 1. The van der Waals surface area contributed by atoms with Crippen molar-refractivity contribution in [3.8, 4) is 5.88 Å². The van der Waals surface area contributed by atoms with Gasteiger partial charge in [-0.05, 0) is 54.2 Å². The Morgan fingerprint density at radius 3 is 2.70 bits per heavy atom. The molecule has 0 radical (unpaired) electrons. The van der Waals surface area contributed by atoms with Crippen molar-refractivity contribution in [3.05, 3.63) is 36.0 Å². The number of esters is 1. The van der Waals surface area contributed by atoms with Gasteiger partial charge in [0.2, 0.25) is 11.8 Å². The number of benzene rings is 1. The van der Waals surface area contributed by atoms with Gasteiger partial charge in [0.1, 0.15) is 18.2 Å². The van der Waals surface area contributed by atoms with E-state index in [1.54, 1.807) is 27.0 Å². The number of nitrogens with zero attached hydrogens (tertiary/aromatic N) is 2. The first kappa shape index (κ1) is 26.7. The first-order valence-electron chi connectivity index (χ1n) is 12.7. The van der Waals surface area contributed by atoms with Gasteiger partial charge in [-0.3, -0.25) is 9.69 Å². The number of aliphatic hydroxyl groups is 1. The minimum absolute atomic E-state index is 0.00134. The van der Waals surface area contributed by atoms with E-state index in [2.05, 4.69) is 16.4 Å². The lowest BCUT2D eigenvalue weighted by molar-refractivity contribution is -0.160. The number of ether oxygens (including phenoxy) is 3. The van der Waals surface area contributed by atoms with Crippen molar-refractivity contribution >= 4 is 28.7 Å². The third-order valence-electron chi connectivity index (χ3n) is 6.91. The van der Waals surface area contributed by atoms with Crippen LogP contribution in [0.25, 0.3) is 10.8 Å². The molecule has 0 saturated carbocycles. The summed E-state index contributed by atoms with van der Waals surface area (Å²) in [6.45, 7) is 5.56. The van der Waals surface area contributed by atoms with E-state index in [9.17, 15) is 19.5 Å². The lowest BCUT2D eigenvalue weighted by Crippen LogP contribution is -2.59. The number of nitrogens with one attached hydrogen (secondary N) is 1. The van der Waals surface area contributed by atoms with E-state index in [0.29, 0.717) is 12.3 Å². The predicted molar refractivity (Wildman–Crippen MR) is 135 cm³/mol. The van der Waals surface area contributed by atoms with Crippen molar-refractivity contribution in [2.45, 2.75) is 77.3 Å². The Bertz CT molecular complexity index is 1160. The zero-order chi connectivity index (χ0) is 26.7. The molecular formula is C27H35N3O7. The highest BCUT2D eigenvalue weighted by Gasteiger charge is 2.51. The SMILES string of the molecule is COC(=O)[C@@H]1C[C@H]2Oc3nccc4ccc(cc34)CCCCCOC(=O)N[C@@H](C(C)(C)C)C(=O)N1C2O. The number of carbonyl (C=O) groups excluding carboxylic acids is 3. The summed E-state index contributed by atoms with van der Waals surface area (Å²) in [6.07, 6.45) is 1.77. The van der Waals surface area contributed by atoms with E-state index in [0.717, 1.165) is 40.5 Å². The van der Waals surface area contributed by atoms with Crippen LogP contribution in [0.1, 0.15) is 52.0 Å². The van der Waals surface area contributed by atoms with Crippen LogP contribution in [0, 0.1) is 5.41 Å². The van der Waals surface area contributed by atoms with Crippen molar-refractivity contribution in [1.29, 1.82) is 0 Å². The van der Waals surface area contributed by atoms with E-state index in [-0.39, 0.29) is 13.0 Å². The Labute approximate surface area is 216 Å². The summed E-state index contributed by atoms with van der Waals surface area (Å²) in [4.78, 5) is 44.5. The third-order valence-corrected chi connectivity index (χ3v) is 6.91. The molecule has 1 unspecified atom stereocenters. The van der Waals surface area contributed by atoms with Gasteiger partial charge >= 0.3 is 12.1 Å². The smallest absolute Gasteiger partial charge is 0.407 e. The van der Waals surface area contributed by atoms with E-state index >= 15 is 0 Å². The van der Waals surface area contributed by atoms with Crippen LogP contribution in [0.5, 0.6) is 5.88 Å². The molecule has 3 heterocycles. The van der Waals surface area contributed by atoms with Crippen molar-refractivity contribution in [3.63, 3.8) is 0 Å². The molecule has 2 aromatic rings. The number of aliphatic hydroxyl groups excluding tert-OH is 1. The number of carbonyl (C=O) groups is 3. The molecule has 2 aliphatic rings. The number of fused-ring (bicyclic) bond motifs is 3. The van der Waals surface area contributed by atoms with Crippen LogP contribution in [0.15, 0.2) is 30.5 Å². The summed E-state index contributed by atoms with van der Waals surface area (Å²) in [5.74, 6) is -1.00. The molecule has 0 aliphatic carbocycles. The molecule has 2 amide bonds. The molecule has 1 aromatic carbocycles. The second kappa shape index (κ2) is 10.9. The molecule has 1 saturated heterocycles. The maximum atomic E-state index is 13.8. The van der Waals surface area contributed by atoms with E-state index in [4.69, 9.17) is 14.2 Å². The quantitative estimate of drug-likeness (QED) is 0.558. The first-order chi connectivity index (χ1) is 17.6. The highest BCUT2D eigenvalue weighted by molar-refractivity contribution is 5.91. The van der Waals surface area contributed by atoms with Crippen molar-refractivity contribution in [2.75, 3.05) is 13.7 Å². The molecule has 0 spiro atoms. The average Bonchev–Trinajstić information content (AvgIpc) is 3.18. The number of hydrogen-bond donors (Lipinski definition) is 2. The molecule has 1 fully saturated rings. The van der Waals surface area contributed by atoms with Gasteiger partial charge in [-0.25, -0.2) is 14.6 Å². The molecule has 2 N–H and O–H groups in total. The molecule has 200 valence electrons. The first-order valence-corrected chi connectivity index (χ1v) is 12.7. The highest BCUT2D eigenvalue weighted by atomic mass is 16.5.